The van der Waals surface area contributed by atoms with E-state index in [1.54, 1.807) is 0 Å². The number of carbonyl (C=O) groups excluding carboxylic acids is 3. The lowest BCUT2D eigenvalue weighted by Gasteiger charge is -2.11. The van der Waals surface area contributed by atoms with Crippen LogP contribution in [0.15, 0.2) is 30.3 Å². The number of methoxy groups -OCH3 is 1. The van der Waals surface area contributed by atoms with Crippen molar-refractivity contribution in [3.05, 3.63) is 35.9 Å². The molecule has 0 aliphatic heterocycles. The van der Waals surface area contributed by atoms with Crippen LogP contribution in [0.25, 0.3) is 0 Å². The molecule has 102 valence electrons. The molecule has 0 spiro atoms. The summed E-state index contributed by atoms with van der Waals surface area (Å²) in [5, 5.41) is 4.70. The van der Waals surface area contributed by atoms with E-state index >= 15 is 0 Å². The Bertz CT molecular complexity index is 459. The highest BCUT2D eigenvalue weighted by Crippen LogP contribution is 1.97. The summed E-state index contributed by atoms with van der Waals surface area (Å²) < 4.78 is 4.44. The molecular formula is C13H16N2O4. The summed E-state index contributed by atoms with van der Waals surface area (Å²) >= 11 is 0. The highest BCUT2D eigenvalue weighted by atomic mass is 16.5. The smallest absolute Gasteiger partial charge is 0.328 e. The van der Waals surface area contributed by atoms with Crippen LogP contribution in [-0.4, -0.2) is 30.9 Å². The SMILES string of the molecule is COC(=O)[C@H](C)NC(=O)C(=O)NCc1ccccc1. The Balaban J connectivity index is 2.41. The molecule has 1 aromatic rings. The lowest BCUT2D eigenvalue weighted by atomic mass is 10.2. The van der Waals surface area contributed by atoms with Gasteiger partial charge in [0.25, 0.3) is 0 Å². The summed E-state index contributed by atoms with van der Waals surface area (Å²) in [5.41, 5.74) is 0.879. The zero-order valence-corrected chi connectivity index (χ0v) is 10.8. The topological polar surface area (TPSA) is 84.5 Å². The van der Waals surface area contributed by atoms with Crippen LogP contribution in [0.3, 0.4) is 0 Å². The van der Waals surface area contributed by atoms with Gasteiger partial charge in [-0.25, -0.2) is 4.79 Å². The van der Waals surface area contributed by atoms with Crippen molar-refractivity contribution in [1.82, 2.24) is 10.6 Å². The van der Waals surface area contributed by atoms with Crippen molar-refractivity contribution in [2.24, 2.45) is 0 Å². The van der Waals surface area contributed by atoms with Gasteiger partial charge < -0.3 is 15.4 Å². The van der Waals surface area contributed by atoms with Crippen molar-refractivity contribution in [3.63, 3.8) is 0 Å². The van der Waals surface area contributed by atoms with Gasteiger partial charge in [0.15, 0.2) is 0 Å². The molecule has 0 saturated heterocycles. The van der Waals surface area contributed by atoms with E-state index in [9.17, 15) is 14.4 Å². The Morgan fingerprint density at radius 1 is 1.16 bits per heavy atom. The molecule has 0 unspecified atom stereocenters. The van der Waals surface area contributed by atoms with Crippen LogP contribution >= 0.6 is 0 Å². The van der Waals surface area contributed by atoms with E-state index in [0.717, 1.165) is 5.56 Å². The molecule has 0 radical (unpaired) electrons. The van der Waals surface area contributed by atoms with E-state index in [1.165, 1.54) is 14.0 Å². The number of hydrogen-bond donors (Lipinski definition) is 2. The number of carbonyl (C=O) groups is 3. The fraction of sp³-hybridized carbons (Fsp3) is 0.308. The minimum Gasteiger partial charge on any atom is -0.467 e. The number of esters is 1. The van der Waals surface area contributed by atoms with Crippen molar-refractivity contribution in [2.75, 3.05) is 7.11 Å². The summed E-state index contributed by atoms with van der Waals surface area (Å²) in [5.74, 6) is -2.27. The van der Waals surface area contributed by atoms with Crippen LogP contribution in [0.4, 0.5) is 0 Å². The lowest BCUT2D eigenvalue weighted by Crippen LogP contribution is -2.46. The van der Waals surface area contributed by atoms with Gasteiger partial charge in [0.1, 0.15) is 6.04 Å². The highest BCUT2D eigenvalue weighted by molar-refractivity contribution is 6.35. The second kappa shape index (κ2) is 7.15. The first-order chi connectivity index (χ1) is 9.04. The molecule has 2 amide bonds. The van der Waals surface area contributed by atoms with Crippen molar-refractivity contribution in [2.45, 2.75) is 19.5 Å². The number of hydrogen-bond acceptors (Lipinski definition) is 4. The summed E-state index contributed by atoms with van der Waals surface area (Å²) in [7, 11) is 1.21. The van der Waals surface area contributed by atoms with Gasteiger partial charge in [0, 0.05) is 6.54 Å². The van der Waals surface area contributed by atoms with E-state index in [1.807, 2.05) is 30.3 Å². The minimum absolute atomic E-state index is 0.250. The molecule has 6 heteroatoms. The molecule has 6 nitrogen and oxygen atoms in total. The number of benzene rings is 1. The molecule has 2 N–H and O–H groups in total. The predicted octanol–water partition coefficient (Wildman–Crippen LogP) is -0.0195. The quantitative estimate of drug-likeness (QED) is 0.591. The number of ether oxygens (including phenoxy) is 1. The van der Waals surface area contributed by atoms with Gasteiger partial charge in [-0.3, -0.25) is 9.59 Å². The van der Waals surface area contributed by atoms with Crippen LogP contribution in [0.1, 0.15) is 12.5 Å². The summed E-state index contributed by atoms with van der Waals surface area (Å²) in [6.45, 7) is 1.69. The van der Waals surface area contributed by atoms with Gasteiger partial charge in [-0.15, -0.1) is 0 Å². The Hall–Kier alpha value is -2.37. The van der Waals surface area contributed by atoms with Gasteiger partial charge in [0.05, 0.1) is 7.11 Å². The maximum absolute atomic E-state index is 11.5. The fourth-order valence-electron chi connectivity index (χ4n) is 1.36. The van der Waals surface area contributed by atoms with Crippen LogP contribution in [0.5, 0.6) is 0 Å². The lowest BCUT2D eigenvalue weighted by molar-refractivity contribution is -0.146. The monoisotopic (exact) mass is 264 g/mol. The first-order valence-corrected chi connectivity index (χ1v) is 5.75. The molecule has 0 aromatic heterocycles. The molecule has 0 saturated carbocycles. The molecule has 1 aromatic carbocycles. The minimum atomic E-state index is -0.867. The molecule has 0 heterocycles. The molecular weight excluding hydrogens is 248 g/mol. The second-order valence-corrected chi connectivity index (χ2v) is 3.89. The van der Waals surface area contributed by atoms with Gasteiger partial charge in [0.2, 0.25) is 0 Å². The molecule has 0 bridgehead atoms. The van der Waals surface area contributed by atoms with Gasteiger partial charge in [-0.2, -0.15) is 0 Å². The normalized spacial score (nSPS) is 11.3. The first kappa shape index (κ1) is 14.7. The maximum Gasteiger partial charge on any atom is 0.328 e. The van der Waals surface area contributed by atoms with E-state index in [4.69, 9.17) is 0 Å². The summed E-state index contributed by atoms with van der Waals surface area (Å²) in [6.07, 6.45) is 0. The van der Waals surface area contributed by atoms with Crippen LogP contribution < -0.4 is 10.6 Å². The van der Waals surface area contributed by atoms with Crippen molar-refractivity contribution in [3.8, 4) is 0 Å². The summed E-state index contributed by atoms with van der Waals surface area (Å²) in [6, 6.07) is 8.32. The van der Waals surface area contributed by atoms with Gasteiger partial charge >= 0.3 is 17.8 Å². The molecule has 0 fully saturated rings. The van der Waals surface area contributed by atoms with E-state index in [2.05, 4.69) is 15.4 Å². The predicted molar refractivity (Wildman–Crippen MR) is 67.9 cm³/mol. The molecule has 19 heavy (non-hydrogen) atoms. The third-order valence-corrected chi connectivity index (χ3v) is 2.40. The Morgan fingerprint density at radius 3 is 2.37 bits per heavy atom. The number of rotatable bonds is 4. The first-order valence-electron chi connectivity index (χ1n) is 5.75. The van der Waals surface area contributed by atoms with E-state index in [-0.39, 0.29) is 6.54 Å². The maximum atomic E-state index is 11.5. The van der Waals surface area contributed by atoms with E-state index in [0.29, 0.717) is 0 Å². The third-order valence-electron chi connectivity index (χ3n) is 2.40. The largest absolute Gasteiger partial charge is 0.467 e. The molecule has 0 aliphatic rings. The second-order valence-electron chi connectivity index (χ2n) is 3.89. The molecule has 1 atom stereocenters. The van der Waals surface area contributed by atoms with Crippen LogP contribution in [0.2, 0.25) is 0 Å². The van der Waals surface area contributed by atoms with E-state index < -0.39 is 23.8 Å². The number of nitrogens with one attached hydrogen (secondary N) is 2. The Kier molecular flexibility index (Phi) is 5.53. The summed E-state index contributed by atoms with van der Waals surface area (Å²) in [4.78, 5) is 34.0. The van der Waals surface area contributed by atoms with Crippen LogP contribution in [0, 0.1) is 0 Å². The molecule has 1 rings (SSSR count). The molecule has 0 aliphatic carbocycles. The average molecular weight is 264 g/mol. The number of amides is 2. The average Bonchev–Trinajstić information content (AvgIpc) is 2.44. The zero-order valence-electron chi connectivity index (χ0n) is 10.8. The van der Waals surface area contributed by atoms with Crippen molar-refractivity contribution < 1.29 is 19.1 Å². The van der Waals surface area contributed by atoms with Crippen molar-refractivity contribution in [1.29, 1.82) is 0 Å². The standard InChI is InChI=1S/C13H16N2O4/c1-9(13(18)19-2)15-12(17)11(16)14-8-10-6-4-3-5-7-10/h3-7,9H,8H2,1-2H3,(H,14,16)(H,15,17)/t9-/m0/s1. The van der Waals surface area contributed by atoms with Crippen molar-refractivity contribution >= 4 is 17.8 Å². The van der Waals surface area contributed by atoms with Gasteiger partial charge in [-0.05, 0) is 12.5 Å². The van der Waals surface area contributed by atoms with Crippen LogP contribution in [-0.2, 0) is 25.7 Å². The van der Waals surface area contributed by atoms with Gasteiger partial charge in [-0.1, -0.05) is 30.3 Å². The third kappa shape index (κ3) is 4.79. The fourth-order valence-corrected chi connectivity index (χ4v) is 1.36. The highest BCUT2D eigenvalue weighted by Gasteiger charge is 2.20. The zero-order chi connectivity index (χ0) is 14.3. The Labute approximate surface area is 111 Å². The Morgan fingerprint density at radius 2 is 1.79 bits per heavy atom.